The molecule has 2 rings (SSSR count). The number of hydrogen-bond donors (Lipinski definition) is 2. The lowest BCUT2D eigenvalue weighted by molar-refractivity contribution is 0.420. The Kier molecular flexibility index (Phi) is 1.06. The zero-order chi connectivity index (χ0) is 8.28. The fourth-order valence-electron chi connectivity index (χ4n) is 2.62. The first kappa shape index (κ1) is 7.17. The average Bonchev–Trinajstić information content (AvgIpc) is 2.32. The zero-order valence-electron chi connectivity index (χ0n) is 7.28. The molecule has 0 aromatic carbocycles. The summed E-state index contributed by atoms with van der Waals surface area (Å²) >= 11 is 0. The van der Waals surface area contributed by atoms with Gasteiger partial charge in [-0.2, -0.15) is 0 Å². The Morgan fingerprint density at radius 1 is 1.36 bits per heavy atom. The lowest BCUT2D eigenvalue weighted by atomic mass is 9.83. The van der Waals surface area contributed by atoms with Gasteiger partial charge in [0.15, 0.2) is 0 Å². The first-order valence-corrected chi connectivity index (χ1v) is 4.24. The Labute approximate surface area is 67.6 Å². The predicted octanol–water partition coefficient (Wildman–Crippen LogP) is 1.12. The van der Waals surface area contributed by atoms with Crippen molar-refractivity contribution in [2.24, 2.45) is 16.9 Å². The van der Waals surface area contributed by atoms with E-state index >= 15 is 0 Å². The van der Waals surface area contributed by atoms with Gasteiger partial charge >= 0.3 is 0 Å². The largest absolute Gasteiger partial charge is 0.401 e. The quantitative estimate of drug-likeness (QED) is 0.546. The van der Waals surface area contributed by atoms with Gasteiger partial charge in [-0.15, -0.1) is 0 Å². The van der Waals surface area contributed by atoms with E-state index < -0.39 is 0 Å². The fraction of sp³-hybridized carbons (Fsp3) is 0.778. The average molecular weight is 152 g/mol. The zero-order valence-corrected chi connectivity index (χ0v) is 7.28. The topological polar surface area (TPSA) is 52.0 Å². The van der Waals surface area contributed by atoms with Crippen molar-refractivity contribution in [1.29, 1.82) is 0 Å². The van der Waals surface area contributed by atoms with E-state index in [0.29, 0.717) is 5.41 Å². The highest BCUT2D eigenvalue weighted by molar-refractivity contribution is 5.38. The molecule has 0 spiro atoms. The Hall–Kier alpha value is -0.500. The minimum atomic E-state index is -0.140. The minimum Gasteiger partial charge on any atom is -0.401 e. The molecule has 0 saturated heterocycles. The predicted molar refractivity (Wildman–Crippen MR) is 45.8 cm³/mol. The van der Waals surface area contributed by atoms with Crippen molar-refractivity contribution >= 4 is 0 Å². The highest BCUT2D eigenvalue weighted by Crippen LogP contribution is 2.56. The summed E-state index contributed by atoms with van der Waals surface area (Å²) in [6, 6.07) is 0. The summed E-state index contributed by atoms with van der Waals surface area (Å²) in [5.41, 5.74) is 14.6. The summed E-state index contributed by atoms with van der Waals surface area (Å²) in [4.78, 5) is 0. The second kappa shape index (κ2) is 1.63. The summed E-state index contributed by atoms with van der Waals surface area (Å²) in [5, 5.41) is 0. The van der Waals surface area contributed by atoms with Crippen LogP contribution in [0.25, 0.3) is 0 Å². The van der Waals surface area contributed by atoms with Crippen LogP contribution in [0.5, 0.6) is 0 Å². The third kappa shape index (κ3) is 0.658. The maximum atomic E-state index is 6.14. The number of nitrogens with two attached hydrogens (primary N) is 2. The van der Waals surface area contributed by atoms with E-state index in [1.807, 2.05) is 0 Å². The Morgan fingerprint density at radius 3 is 2.27 bits per heavy atom. The Morgan fingerprint density at radius 2 is 2.00 bits per heavy atom. The SMILES string of the molecule is CC1=C(N)C2(N)CCC1(C)C2. The third-order valence-corrected chi connectivity index (χ3v) is 3.67. The molecular weight excluding hydrogens is 136 g/mol. The summed E-state index contributed by atoms with van der Waals surface area (Å²) < 4.78 is 0. The highest BCUT2D eigenvalue weighted by Gasteiger charge is 2.52. The minimum absolute atomic E-state index is 0.140. The monoisotopic (exact) mass is 152 g/mol. The van der Waals surface area contributed by atoms with Crippen LogP contribution in [0.4, 0.5) is 0 Å². The van der Waals surface area contributed by atoms with Crippen LogP contribution in [0, 0.1) is 5.41 Å². The summed E-state index contributed by atoms with van der Waals surface area (Å²) in [7, 11) is 0. The fourth-order valence-corrected chi connectivity index (χ4v) is 2.62. The molecule has 0 aromatic rings. The normalized spacial score (nSPS) is 49.0. The van der Waals surface area contributed by atoms with Crippen LogP contribution >= 0.6 is 0 Å². The van der Waals surface area contributed by atoms with Crippen molar-refractivity contribution in [1.82, 2.24) is 0 Å². The van der Waals surface area contributed by atoms with Crippen LogP contribution < -0.4 is 11.5 Å². The molecule has 0 heterocycles. The van der Waals surface area contributed by atoms with Gasteiger partial charge in [-0.25, -0.2) is 0 Å². The molecule has 2 aliphatic carbocycles. The van der Waals surface area contributed by atoms with Crippen LogP contribution in [0.3, 0.4) is 0 Å². The molecular formula is C9H16N2. The summed E-state index contributed by atoms with van der Waals surface area (Å²) in [6.45, 7) is 4.40. The van der Waals surface area contributed by atoms with Gasteiger partial charge < -0.3 is 11.5 Å². The van der Waals surface area contributed by atoms with Gasteiger partial charge in [-0.05, 0) is 37.2 Å². The molecule has 2 aliphatic rings. The van der Waals surface area contributed by atoms with E-state index in [9.17, 15) is 0 Å². The molecule has 0 aromatic heterocycles. The highest BCUT2D eigenvalue weighted by atomic mass is 14.9. The maximum Gasteiger partial charge on any atom is 0.0564 e. The molecule has 1 saturated carbocycles. The van der Waals surface area contributed by atoms with Crippen LogP contribution in [-0.4, -0.2) is 5.54 Å². The second-order valence-electron chi connectivity index (χ2n) is 4.43. The lowest BCUT2D eigenvalue weighted by Crippen LogP contribution is -2.40. The lowest BCUT2D eigenvalue weighted by Gasteiger charge is -2.25. The van der Waals surface area contributed by atoms with Gasteiger partial charge in [0.2, 0.25) is 0 Å². The van der Waals surface area contributed by atoms with E-state index in [0.717, 1.165) is 18.5 Å². The van der Waals surface area contributed by atoms with Gasteiger partial charge in [0.25, 0.3) is 0 Å². The summed E-state index contributed by atoms with van der Waals surface area (Å²) in [6.07, 6.45) is 3.36. The van der Waals surface area contributed by atoms with E-state index in [4.69, 9.17) is 11.5 Å². The van der Waals surface area contributed by atoms with E-state index in [2.05, 4.69) is 13.8 Å². The van der Waals surface area contributed by atoms with Crippen molar-refractivity contribution < 1.29 is 0 Å². The second-order valence-corrected chi connectivity index (χ2v) is 4.43. The van der Waals surface area contributed by atoms with E-state index in [1.165, 1.54) is 12.0 Å². The van der Waals surface area contributed by atoms with Crippen molar-refractivity contribution in [3.05, 3.63) is 11.3 Å². The van der Waals surface area contributed by atoms with Crippen molar-refractivity contribution in [2.75, 3.05) is 0 Å². The molecule has 2 nitrogen and oxygen atoms in total. The molecule has 0 radical (unpaired) electrons. The molecule has 2 bridgehead atoms. The smallest absolute Gasteiger partial charge is 0.0564 e. The molecule has 4 N–H and O–H groups in total. The maximum absolute atomic E-state index is 6.14. The molecule has 11 heavy (non-hydrogen) atoms. The molecule has 2 unspecified atom stereocenters. The number of rotatable bonds is 0. The molecule has 0 amide bonds. The van der Waals surface area contributed by atoms with Gasteiger partial charge in [0, 0.05) is 5.70 Å². The standard InChI is InChI=1S/C9H16N2/c1-6-7(10)9(11)4-3-8(6,2)5-9/h3-5,10-11H2,1-2H3. The van der Waals surface area contributed by atoms with Crippen LogP contribution in [-0.2, 0) is 0 Å². The first-order chi connectivity index (χ1) is 4.98. The molecule has 2 heteroatoms. The number of fused-ring (bicyclic) bond motifs is 2. The first-order valence-electron chi connectivity index (χ1n) is 4.24. The Balaban J connectivity index is 2.52. The molecule has 0 aliphatic heterocycles. The summed E-state index contributed by atoms with van der Waals surface area (Å²) in [5.74, 6) is 0. The number of allylic oxidation sites excluding steroid dienone is 1. The number of hydrogen-bond acceptors (Lipinski definition) is 2. The van der Waals surface area contributed by atoms with Crippen LogP contribution in [0.1, 0.15) is 33.1 Å². The van der Waals surface area contributed by atoms with Gasteiger partial charge in [0.1, 0.15) is 0 Å². The molecule has 62 valence electrons. The van der Waals surface area contributed by atoms with Gasteiger partial charge in [-0.1, -0.05) is 6.92 Å². The Bertz CT molecular complexity index is 220. The molecule has 2 atom stereocenters. The van der Waals surface area contributed by atoms with Crippen molar-refractivity contribution in [2.45, 2.75) is 38.6 Å². The van der Waals surface area contributed by atoms with E-state index in [1.54, 1.807) is 0 Å². The molecule has 1 fully saturated rings. The van der Waals surface area contributed by atoms with Gasteiger partial charge in [-0.3, -0.25) is 0 Å². The van der Waals surface area contributed by atoms with Crippen LogP contribution in [0.15, 0.2) is 11.3 Å². The van der Waals surface area contributed by atoms with E-state index in [-0.39, 0.29) is 5.54 Å². The third-order valence-electron chi connectivity index (χ3n) is 3.67. The van der Waals surface area contributed by atoms with Crippen LogP contribution in [0.2, 0.25) is 0 Å². The van der Waals surface area contributed by atoms with Crippen molar-refractivity contribution in [3.63, 3.8) is 0 Å². The van der Waals surface area contributed by atoms with Gasteiger partial charge in [0.05, 0.1) is 5.54 Å². The van der Waals surface area contributed by atoms with Crippen molar-refractivity contribution in [3.8, 4) is 0 Å².